The van der Waals surface area contributed by atoms with Gasteiger partial charge in [-0.05, 0) is 0 Å². The van der Waals surface area contributed by atoms with Crippen molar-refractivity contribution in [1.82, 2.24) is 0 Å². The zero-order chi connectivity index (χ0) is 11.4. The fraction of sp³-hybridized carbons (Fsp3) is 1.00. The van der Waals surface area contributed by atoms with E-state index in [1.54, 1.807) is 0 Å². The van der Waals surface area contributed by atoms with Gasteiger partial charge in [0.25, 0.3) is 5.67 Å². The lowest BCUT2D eigenvalue weighted by Crippen LogP contribution is -2.52. The summed E-state index contributed by atoms with van der Waals surface area (Å²) in [6.07, 6.45) is -9.29. The molecule has 1 fully saturated rings. The van der Waals surface area contributed by atoms with Gasteiger partial charge in [0.2, 0.25) is 5.50 Å². The van der Waals surface area contributed by atoms with Gasteiger partial charge in [-0.1, -0.05) is 0 Å². The molecule has 0 spiro atoms. The molecule has 0 amide bonds. The minimum absolute atomic E-state index is 1.79. The van der Waals surface area contributed by atoms with Crippen LogP contribution < -0.4 is 0 Å². The zero-order valence-corrected chi connectivity index (χ0v) is 7.17. The molecule has 0 aliphatic carbocycles. The molecule has 0 aromatic carbocycles. The number of halogens is 6. The highest BCUT2D eigenvalue weighted by molar-refractivity contribution is 7.92. The van der Waals surface area contributed by atoms with E-state index in [0.29, 0.717) is 0 Å². The Kier molecular flexibility index (Phi) is 2.29. The van der Waals surface area contributed by atoms with Crippen molar-refractivity contribution < 1.29 is 34.8 Å². The number of hydrogen-bond acceptors (Lipinski definition) is 2. The lowest BCUT2D eigenvalue weighted by molar-refractivity contribution is -0.253. The summed E-state index contributed by atoms with van der Waals surface area (Å²) in [6.45, 7) is 0. The summed E-state index contributed by atoms with van der Waals surface area (Å²) in [5.41, 5.74) is -8.82. The maximum Gasteiger partial charge on any atom is 0.429 e. The second-order valence-electron chi connectivity index (χ2n) is 2.88. The Labute approximate surface area is 74.8 Å². The van der Waals surface area contributed by atoms with E-state index in [1.165, 1.54) is 0 Å². The van der Waals surface area contributed by atoms with Gasteiger partial charge in [-0.2, -0.15) is 13.2 Å². The minimum atomic E-state index is -5.88. The first-order chi connectivity index (χ1) is 6.03. The van der Waals surface area contributed by atoms with Crippen LogP contribution in [-0.4, -0.2) is 37.7 Å². The van der Waals surface area contributed by atoms with Crippen molar-refractivity contribution in [3.05, 3.63) is 0 Å². The fourth-order valence-electron chi connectivity index (χ4n) is 1.12. The summed E-state index contributed by atoms with van der Waals surface area (Å²) < 4.78 is 94.5. The van der Waals surface area contributed by atoms with Gasteiger partial charge < -0.3 is 0 Å². The number of sulfone groups is 1. The van der Waals surface area contributed by atoms with Gasteiger partial charge in [0.05, 0.1) is 5.75 Å². The first-order valence-electron chi connectivity index (χ1n) is 3.29. The smallest absolute Gasteiger partial charge is 0.242 e. The molecule has 0 bridgehead atoms. The Morgan fingerprint density at radius 1 is 1.21 bits per heavy atom. The van der Waals surface area contributed by atoms with Crippen molar-refractivity contribution in [3.8, 4) is 0 Å². The van der Waals surface area contributed by atoms with E-state index in [9.17, 15) is 34.8 Å². The van der Waals surface area contributed by atoms with E-state index >= 15 is 0 Å². The highest BCUT2D eigenvalue weighted by Gasteiger charge is 2.75. The average Bonchev–Trinajstić information content (AvgIpc) is 2.11. The Hall–Kier alpha value is -0.470. The van der Waals surface area contributed by atoms with Crippen LogP contribution in [0, 0.1) is 0 Å². The summed E-state index contributed by atoms with van der Waals surface area (Å²) in [6, 6.07) is 0. The van der Waals surface area contributed by atoms with Crippen molar-refractivity contribution in [2.24, 2.45) is 0 Å². The van der Waals surface area contributed by atoms with Crippen LogP contribution in [0.25, 0.3) is 0 Å². The third-order valence-corrected chi connectivity index (χ3v) is 3.65. The first-order valence-corrected chi connectivity index (χ1v) is 5.00. The van der Waals surface area contributed by atoms with Crippen molar-refractivity contribution in [1.29, 1.82) is 0 Å². The van der Waals surface area contributed by atoms with E-state index < -0.39 is 39.1 Å². The number of alkyl halides is 6. The second-order valence-corrected chi connectivity index (χ2v) is 4.95. The SMILES string of the molecule is O=S1(=O)CC(F)C(F)(C(F)(F)F)C1F. The van der Waals surface area contributed by atoms with E-state index in [-0.39, 0.29) is 0 Å². The standard InChI is InChI=1S/C5H4F6O2S/c6-2-1-14(12,13)3(7)4(2,8)5(9,10)11/h2-3H,1H2. The molecule has 14 heavy (non-hydrogen) atoms. The largest absolute Gasteiger partial charge is 0.429 e. The molecule has 1 rings (SSSR count). The van der Waals surface area contributed by atoms with Crippen molar-refractivity contribution in [3.63, 3.8) is 0 Å². The second kappa shape index (κ2) is 2.77. The molecule has 0 radical (unpaired) electrons. The molecule has 84 valence electrons. The van der Waals surface area contributed by atoms with Crippen molar-refractivity contribution in [2.45, 2.75) is 23.5 Å². The van der Waals surface area contributed by atoms with Crippen LogP contribution in [0.4, 0.5) is 26.3 Å². The summed E-state index contributed by atoms with van der Waals surface area (Å²) in [7, 11) is -5.00. The van der Waals surface area contributed by atoms with E-state index in [1.807, 2.05) is 0 Å². The zero-order valence-electron chi connectivity index (χ0n) is 6.35. The third kappa shape index (κ3) is 1.29. The highest BCUT2D eigenvalue weighted by atomic mass is 32.2. The number of hydrogen-bond donors (Lipinski definition) is 0. The fourth-order valence-corrected chi connectivity index (χ4v) is 2.74. The summed E-state index contributed by atoms with van der Waals surface area (Å²) in [4.78, 5) is 0. The van der Waals surface area contributed by atoms with Crippen LogP contribution >= 0.6 is 0 Å². The molecular weight excluding hydrogens is 238 g/mol. The molecule has 9 heteroatoms. The Morgan fingerprint density at radius 2 is 1.64 bits per heavy atom. The van der Waals surface area contributed by atoms with Crippen LogP contribution in [0.1, 0.15) is 0 Å². The molecular formula is C5H4F6O2S. The molecule has 3 atom stereocenters. The topological polar surface area (TPSA) is 34.1 Å². The van der Waals surface area contributed by atoms with Crippen LogP contribution in [0.15, 0.2) is 0 Å². The van der Waals surface area contributed by atoms with Gasteiger partial charge in [0.15, 0.2) is 16.0 Å². The Morgan fingerprint density at radius 3 is 1.79 bits per heavy atom. The first kappa shape index (κ1) is 11.6. The van der Waals surface area contributed by atoms with E-state index in [2.05, 4.69) is 0 Å². The van der Waals surface area contributed by atoms with Crippen LogP contribution in [0.3, 0.4) is 0 Å². The molecule has 1 saturated heterocycles. The molecule has 0 N–H and O–H groups in total. The van der Waals surface area contributed by atoms with Gasteiger partial charge in [0.1, 0.15) is 0 Å². The van der Waals surface area contributed by atoms with Gasteiger partial charge in [-0.25, -0.2) is 21.6 Å². The van der Waals surface area contributed by atoms with Crippen molar-refractivity contribution >= 4 is 9.84 Å². The van der Waals surface area contributed by atoms with Gasteiger partial charge >= 0.3 is 6.18 Å². The van der Waals surface area contributed by atoms with Gasteiger partial charge in [-0.3, -0.25) is 0 Å². The highest BCUT2D eigenvalue weighted by Crippen LogP contribution is 2.48. The quantitative estimate of drug-likeness (QED) is 0.600. The monoisotopic (exact) mass is 242 g/mol. The Balaban J connectivity index is 3.26. The minimum Gasteiger partial charge on any atom is -0.242 e. The van der Waals surface area contributed by atoms with E-state index in [0.717, 1.165) is 0 Å². The molecule has 2 nitrogen and oxygen atoms in total. The predicted molar refractivity (Wildman–Crippen MR) is 33.5 cm³/mol. The lowest BCUT2D eigenvalue weighted by atomic mass is 10.0. The molecule has 1 aliphatic heterocycles. The lowest BCUT2D eigenvalue weighted by Gasteiger charge is -2.25. The summed E-state index contributed by atoms with van der Waals surface area (Å²) >= 11 is 0. The maximum absolute atomic E-state index is 12.8. The molecule has 3 unspecified atom stereocenters. The third-order valence-electron chi connectivity index (χ3n) is 1.91. The summed E-state index contributed by atoms with van der Waals surface area (Å²) in [5.74, 6) is -1.79. The summed E-state index contributed by atoms with van der Waals surface area (Å²) in [5, 5.41) is 0. The Bertz CT molecular complexity index is 335. The normalized spacial score (nSPS) is 42.7. The van der Waals surface area contributed by atoms with Crippen LogP contribution in [0.5, 0.6) is 0 Å². The molecule has 1 heterocycles. The number of rotatable bonds is 0. The van der Waals surface area contributed by atoms with E-state index in [4.69, 9.17) is 0 Å². The van der Waals surface area contributed by atoms with Crippen molar-refractivity contribution in [2.75, 3.05) is 5.75 Å². The molecule has 1 aliphatic rings. The van der Waals surface area contributed by atoms with Gasteiger partial charge in [0, 0.05) is 0 Å². The predicted octanol–water partition coefficient (Wildman–Crippen LogP) is 1.32. The molecule has 0 saturated carbocycles. The molecule has 0 aromatic heterocycles. The maximum atomic E-state index is 12.8. The van der Waals surface area contributed by atoms with Crippen LogP contribution in [-0.2, 0) is 9.84 Å². The average molecular weight is 242 g/mol. The van der Waals surface area contributed by atoms with Crippen LogP contribution in [0.2, 0.25) is 0 Å². The van der Waals surface area contributed by atoms with Gasteiger partial charge in [-0.15, -0.1) is 0 Å². The molecule has 0 aromatic rings.